The van der Waals surface area contributed by atoms with E-state index in [1.807, 2.05) is 49.5 Å². The molecule has 0 bridgehead atoms. The van der Waals surface area contributed by atoms with Gasteiger partial charge in [0.05, 0.1) is 5.52 Å². The molecule has 1 saturated carbocycles. The fraction of sp³-hybridized carbons (Fsp3) is 0.357. The van der Waals surface area contributed by atoms with Gasteiger partial charge in [-0.05, 0) is 80.1 Å². The van der Waals surface area contributed by atoms with Gasteiger partial charge in [0.2, 0.25) is 0 Å². The number of carbonyl (C=O) groups excluding carboxylic acids is 1. The van der Waals surface area contributed by atoms with Gasteiger partial charge in [0, 0.05) is 58.4 Å². The first-order valence-electron chi connectivity index (χ1n) is 12.1. The zero-order chi connectivity index (χ0) is 24.4. The molecule has 35 heavy (non-hydrogen) atoms. The Balaban J connectivity index is 1.23. The van der Waals surface area contributed by atoms with Crippen LogP contribution in [0.1, 0.15) is 52.7 Å². The van der Waals surface area contributed by atoms with Crippen LogP contribution in [0.3, 0.4) is 0 Å². The normalized spacial score (nSPS) is 18.5. The first-order chi connectivity index (χ1) is 16.9. The lowest BCUT2D eigenvalue weighted by Crippen LogP contribution is -2.35. The van der Waals surface area contributed by atoms with Gasteiger partial charge in [0.25, 0.3) is 5.91 Å². The summed E-state index contributed by atoms with van der Waals surface area (Å²) in [5, 5.41) is 7.56. The Morgan fingerprint density at radius 1 is 1.09 bits per heavy atom. The molecule has 1 aliphatic carbocycles. The maximum absolute atomic E-state index is 12.8. The molecule has 3 aromatic rings. The number of anilines is 1. The molecule has 4 N–H and O–H groups in total. The number of hydrogen-bond donors (Lipinski definition) is 4. The predicted molar refractivity (Wildman–Crippen MR) is 143 cm³/mol. The van der Waals surface area contributed by atoms with Crippen molar-refractivity contribution >= 4 is 33.1 Å². The molecule has 1 aliphatic heterocycles. The van der Waals surface area contributed by atoms with E-state index < -0.39 is 10.6 Å². The summed E-state index contributed by atoms with van der Waals surface area (Å²) in [7, 11) is -2.36. The fourth-order valence-electron chi connectivity index (χ4n) is 4.31. The van der Waals surface area contributed by atoms with Crippen LogP contribution in [0, 0.1) is 24.7 Å². The van der Waals surface area contributed by atoms with Crippen molar-refractivity contribution in [3.05, 3.63) is 70.9 Å². The third kappa shape index (κ3) is 6.03. The average molecular weight is 490 g/mol. The number of nitrogens with one attached hydrogen (secondary N) is 2. The van der Waals surface area contributed by atoms with Crippen molar-refractivity contribution < 1.29 is 13.9 Å². The minimum absolute atomic E-state index is 0.154. The molecule has 1 amide bonds. The van der Waals surface area contributed by atoms with Crippen LogP contribution in [0.25, 0.3) is 10.9 Å². The molecule has 0 atom stereocenters. The summed E-state index contributed by atoms with van der Waals surface area (Å²) < 4.78 is 19.6. The highest BCUT2D eigenvalue weighted by Crippen LogP contribution is 2.43. The molecule has 2 aromatic carbocycles. The van der Waals surface area contributed by atoms with E-state index in [0.717, 1.165) is 46.1 Å². The SMILES string of the molecule is Cc1c(NC(=O)c2ccc(C#CC3CC3)cc2)ccc2cc(CNC3CCS(O)(O)CC3)cnc12. The quantitative estimate of drug-likeness (QED) is 0.352. The van der Waals surface area contributed by atoms with Gasteiger partial charge in [-0.15, -0.1) is 0 Å². The van der Waals surface area contributed by atoms with Crippen LogP contribution in [0.5, 0.6) is 0 Å². The van der Waals surface area contributed by atoms with Crippen molar-refractivity contribution in [2.24, 2.45) is 5.92 Å². The molecule has 5 rings (SSSR count). The second kappa shape index (κ2) is 10.00. The molecule has 7 heteroatoms. The van der Waals surface area contributed by atoms with E-state index in [0.29, 0.717) is 35.6 Å². The number of aryl methyl sites for hydroxylation is 1. The third-order valence-electron chi connectivity index (χ3n) is 6.74. The van der Waals surface area contributed by atoms with Crippen molar-refractivity contribution in [1.29, 1.82) is 0 Å². The molecule has 6 nitrogen and oxygen atoms in total. The molecular formula is C28H31N3O3S. The summed E-state index contributed by atoms with van der Waals surface area (Å²) in [6.07, 6.45) is 5.82. The lowest BCUT2D eigenvalue weighted by molar-refractivity contribution is 0.102. The van der Waals surface area contributed by atoms with Gasteiger partial charge in [0.1, 0.15) is 0 Å². The minimum atomic E-state index is -2.36. The van der Waals surface area contributed by atoms with E-state index in [9.17, 15) is 13.9 Å². The standard InChI is InChI=1S/C28H31N3O3S/c1-19-26(31-28(32)23-8-6-21(7-9-23)5-4-20-2-3-20)11-10-24-16-22(18-30-27(19)24)17-29-25-12-14-35(33,34)15-13-25/h6-11,16,18,20,25,29,33-34H,2-3,12-15,17H2,1H3,(H,31,32). The number of pyridine rings is 1. The van der Waals surface area contributed by atoms with Gasteiger partial charge >= 0.3 is 0 Å². The van der Waals surface area contributed by atoms with Crippen molar-refractivity contribution in [2.75, 3.05) is 16.8 Å². The zero-order valence-electron chi connectivity index (χ0n) is 19.9. The Labute approximate surface area is 207 Å². The van der Waals surface area contributed by atoms with Crippen LogP contribution in [0.15, 0.2) is 48.7 Å². The van der Waals surface area contributed by atoms with E-state index >= 15 is 0 Å². The monoisotopic (exact) mass is 489 g/mol. The predicted octanol–water partition coefficient (Wildman–Crippen LogP) is 5.56. The minimum Gasteiger partial charge on any atom is -0.322 e. The average Bonchev–Trinajstić information content (AvgIpc) is 3.69. The number of amides is 1. The molecule has 2 heterocycles. The first kappa shape index (κ1) is 23.8. The summed E-state index contributed by atoms with van der Waals surface area (Å²) in [5.41, 5.74) is 5.16. The van der Waals surface area contributed by atoms with Crippen LogP contribution in [-0.4, -0.2) is 37.5 Å². The summed E-state index contributed by atoms with van der Waals surface area (Å²) in [4.78, 5) is 17.5. The second-order valence-corrected chi connectivity index (χ2v) is 12.0. The van der Waals surface area contributed by atoms with Crippen LogP contribution < -0.4 is 10.6 Å². The summed E-state index contributed by atoms with van der Waals surface area (Å²) >= 11 is 0. The molecule has 0 spiro atoms. The topological polar surface area (TPSA) is 94.5 Å². The smallest absolute Gasteiger partial charge is 0.255 e. The van der Waals surface area contributed by atoms with E-state index in [1.54, 1.807) is 0 Å². The van der Waals surface area contributed by atoms with Crippen molar-refractivity contribution in [3.8, 4) is 11.8 Å². The molecule has 0 unspecified atom stereocenters. The van der Waals surface area contributed by atoms with E-state index in [1.165, 1.54) is 12.8 Å². The van der Waals surface area contributed by atoms with E-state index in [-0.39, 0.29) is 5.91 Å². The maximum atomic E-state index is 12.8. The number of rotatable bonds is 5. The Bertz CT molecular complexity index is 1300. The highest BCUT2D eigenvalue weighted by Gasteiger charge is 2.23. The van der Waals surface area contributed by atoms with E-state index in [2.05, 4.69) is 33.5 Å². The Hall–Kier alpha value is -2.89. The maximum Gasteiger partial charge on any atom is 0.255 e. The van der Waals surface area contributed by atoms with Crippen LogP contribution >= 0.6 is 10.6 Å². The van der Waals surface area contributed by atoms with Crippen LogP contribution in [0.2, 0.25) is 0 Å². The Kier molecular flexibility index (Phi) is 6.81. The summed E-state index contributed by atoms with van der Waals surface area (Å²) in [5.74, 6) is 7.77. The van der Waals surface area contributed by atoms with Gasteiger partial charge in [-0.3, -0.25) is 18.9 Å². The van der Waals surface area contributed by atoms with Gasteiger partial charge in [-0.1, -0.05) is 17.9 Å². The van der Waals surface area contributed by atoms with Crippen molar-refractivity contribution in [3.63, 3.8) is 0 Å². The fourth-order valence-corrected chi connectivity index (χ4v) is 5.84. The first-order valence-corrected chi connectivity index (χ1v) is 14.0. The number of hydrogen-bond acceptors (Lipinski definition) is 5. The van der Waals surface area contributed by atoms with Crippen LogP contribution in [-0.2, 0) is 6.54 Å². The Morgan fingerprint density at radius 3 is 2.54 bits per heavy atom. The second-order valence-electron chi connectivity index (χ2n) is 9.59. The molecule has 2 fully saturated rings. The molecule has 1 aromatic heterocycles. The molecule has 1 saturated heterocycles. The largest absolute Gasteiger partial charge is 0.322 e. The summed E-state index contributed by atoms with van der Waals surface area (Å²) in [6, 6.07) is 13.7. The van der Waals surface area contributed by atoms with Crippen LogP contribution in [0.4, 0.5) is 5.69 Å². The zero-order valence-corrected chi connectivity index (χ0v) is 20.7. The third-order valence-corrected chi connectivity index (χ3v) is 8.52. The lowest BCUT2D eigenvalue weighted by Gasteiger charge is -2.39. The lowest BCUT2D eigenvalue weighted by atomic mass is 10.1. The highest BCUT2D eigenvalue weighted by atomic mass is 32.3. The molecule has 0 radical (unpaired) electrons. The van der Waals surface area contributed by atoms with Crippen molar-refractivity contribution in [1.82, 2.24) is 10.3 Å². The summed E-state index contributed by atoms with van der Waals surface area (Å²) in [6.45, 7) is 2.66. The molecular weight excluding hydrogens is 458 g/mol. The van der Waals surface area contributed by atoms with Gasteiger partial charge < -0.3 is 10.6 Å². The van der Waals surface area contributed by atoms with Gasteiger partial charge in [-0.25, -0.2) is 0 Å². The number of fused-ring (bicyclic) bond motifs is 1. The van der Waals surface area contributed by atoms with Crippen molar-refractivity contribution in [2.45, 2.75) is 45.2 Å². The highest BCUT2D eigenvalue weighted by molar-refractivity contribution is 8.24. The number of carbonyl (C=O) groups is 1. The number of aromatic nitrogens is 1. The van der Waals surface area contributed by atoms with Gasteiger partial charge in [0.15, 0.2) is 0 Å². The molecule has 2 aliphatic rings. The number of benzene rings is 2. The van der Waals surface area contributed by atoms with Gasteiger partial charge in [-0.2, -0.15) is 10.6 Å². The number of nitrogens with zero attached hydrogens (tertiary/aromatic N) is 1. The Morgan fingerprint density at radius 2 is 1.83 bits per heavy atom. The molecule has 182 valence electrons. The van der Waals surface area contributed by atoms with E-state index in [4.69, 9.17) is 0 Å².